The zero-order chi connectivity index (χ0) is 13.7. The number of nitrogens with two attached hydrogens (primary N) is 1. The summed E-state index contributed by atoms with van der Waals surface area (Å²) in [5, 5.41) is 4.22. The van der Waals surface area contributed by atoms with E-state index in [1.807, 2.05) is 22.8 Å². The molecule has 1 aromatic carbocycles. The van der Waals surface area contributed by atoms with Crippen LogP contribution in [0, 0.1) is 6.92 Å². The van der Waals surface area contributed by atoms with Crippen molar-refractivity contribution in [3.8, 4) is 16.9 Å². The van der Waals surface area contributed by atoms with Gasteiger partial charge < -0.3 is 10.5 Å². The number of aromatic nitrogens is 2. The third-order valence-electron chi connectivity index (χ3n) is 3.90. The number of aryl methyl sites for hydroxylation is 1. The Bertz CT molecular complexity index is 820. The smallest absolute Gasteiger partial charge is 0.146 e. The van der Waals surface area contributed by atoms with Crippen molar-refractivity contribution >= 4 is 11.2 Å². The molecule has 20 heavy (non-hydrogen) atoms. The molecule has 0 radical (unpaired) electrons. The van der Waals surface area contributed by atoms with E-state index in [4.69, 9.17) is 10.5 Å². The minimum absolute atomic E-state index is 0.726. The fraction of sp³-hybridized carbons (Fsp3) is 0.188. The lowest BCUT2D eigenvalue weighted by Crippen LogP contribution is -1.98. The lowest BCUT2D eigenvalue weighted by molar-refractivity contribution is 0.358. The molecule has 4 heteroatoms. The first-order valence-corrected chi connectivity index (χ1v) is 6.72. The molecule has 3 heterocycles. The fourth-order valence-electron chi connectivity index (χ4n) is 2.98. The van der Waals surface area contributed by atoms with Gasteiger partial charge in [-0.3, -0.25) is 0 Å². The van der Waals surface area contributed by atoms with Crippen LogP contribution in [0.25, 0.3) is 16.6 Å². The van der Waals surface area contributed by atoms with Gasteiger partial charge in [-0.1, -0.05) is 6.07 Å². The van der Waals surface area contributed by atoms with Gasteiger partial charge in [-0.25, -0.2) is 4.52 Å². The number of anilines is 1. The first-order chi connectivity index (χ1) is 9.74. The number of nitrogens with zero attached hydrogens (tertiary/aromatic N) is 2. The van der Waals surface area contributed by atoms with Gasteiger partial charge in [0.15, 0.2) is 0 Å². The van der Waals surface area contributed by atoms with Gasteiger partial charge in [-0.05, 0) is 41.8 Å². The van der Waals surface area contributed by atoms with Gasteiger partial charge >= 0.3 is 0 Å². The monoisotopic (exact) mass is 265 g/mol. The molecule has 0 bridgehead atoms. The van der Waals surface area contributed by atoms with Crippen molar-refractivity contribution in [2.75, 3.05) is 12.3 Å². The molecule has 1 aliphatic rings. The molecule has 1 aliphatic heterocycles. The molecule has 0 saturated heterocycles. The van der Waals surface area contributed by atoms with Crippen molar-refractivity contribution in [3.63, 3.8) is 0 Å². The Hall–Kier alpha value is -2.49. The van der Waals surface area contributed by atoms with Crippen molar-refractivity contribution in [1.29, 1.82) is 0 Å². The Morgan fingerprint density at radius 2 is 2.20 bits per heavy atom. The van der Waals surface area contributed by atoms with E-state index >= 15 is 0 Å². The maximum Gasteiger partial charge on any atom is 0.146 e. The van der Waals surface area contributed by atoms with E-state index in [9.17, 15) is 0 Å². The average Bonchev–Trinajstić information content (AvgIpc) is 3.06. The molecular formula is C16H15N3O. The lowest BCUT2D eigenvalue weighted by Gasteiger charge is -2.14. The third-order valence-corrected chi connectivity index (χ3v) is 3.90. The summed E-state index contributed by atoms with van der Waals surface area (Å²) in [6.45, 7) is 2.83. The Morgan fingerprint density at radius 1 is 1.30 bits per heavy atom. The maximum absolute atomic E-state index is 6.34. The summed E-state index contributed by atoms with van der Waals surface area (Å²) >= 11 is 0. The van der Waals surface area contributed by atoms with Crippen molar-refractivity contribution in [2.24, 2.45) is 0 Å². The summed E-state index contributed by atoms with van der Waals surface area (Å²) in [6, 6.07) is 8.32. The minimum Gasteiger partial charge on any atom is -0.491 e. The normalized spacial score (nSPS) is 13.4. The van der Waals surface area contributed by atoms with Crippen LogP contribution < -0.4 is 10.5 Å². The van der Waals surface area contributed by atoms with Crippen LogP contribution in [0.2, 0.25) is 0 Å². The number of hydrogen-bond acceptors (Lipinski definition) is 3. The second-order valence-corrected chi connectivity index (χ2v) is 5.18. The quantitative estimate of drug-likeness (QED) is 0.688. The molecule has 2 N–H and O–H groups in total. The van der Waals surface area contributed by atoms with Gasteiger partial charge in [-0.15, -0.1) is 0 Å². The topological polar surface area (TPSA) is 52.5 Å². The summed E-state index contributed by atoms with van der Waals surface area (Å²) in [4.78, 5) is 0. The standard InChI is InChI=1S/C16H15N3O/c1-10-8-12-4-7-20-16(12)15(17)14(10)11-3-6-19-13(9-11)2-5-18-19/h2-3,5-6,8-9H,4,7,17H2,1H3. The third kappa shape index (κ3) is 1.51. The molecule has 4 rings (SSSR count). The number of ether oxygens (including phenoxy) is 1. The van der Waals surface area contributed by atoms with Gasteiger partial charge in [-0.2, -0.15) is 5.10 Å². The summed E-state index contributed by atoms with van der Waals surface area (Å²) in [6.07, 6.45) is 4.70. The lowest BCUT2D eigenvalue weighted by atomic mass is 9.95. The molecular weight excluding hydrogens is 250 g/mol. The van der Waals surface area contributed by atoms with Crippen molar-refractivity contribution in [3.05, 3.63) is 47.8 Å². The van der Waals surface area contributed by atoms with Gasteiger partial charge in [0.2, 0.25) is 0 Å². The van der Waals surface area contributed by atoms with Crippen LogP contribution in [0.4, 0.5) is 5.69 Å². The summed E-state index contributed by atoms with van der Waals surface area (Å²) in [5.74, 6) is 0.860. The second kappa shape index (κ2) is 4.00. The minimum atomic E-state index is 0.726. The zero-order valence-corrected chi connectivity index (χ0v) is 11.3. The molecule has 0 saturated carbocycles. The number of nitrogen functional groups attached to an aromatic ring is 1. The number of pyridine rings is 1. The average molecular weight is 265 g/mol. The van der Waals surface area contributed by atoms with Crippen LogP contribution in [0.15, 0.2) is 36.7 Å². The molecule has 0 fully saturated rings. The van der Waals surface area contributed by atoms with E-state index in [-0.39, 0.29) is 0 Å². The van der Waals surface area contributed by atoms with Crippen LogP contribution in [-0.2, 0) is 6.42 Å². The maximum atomic E-state index is 6.34. The van der Waals surface area contributed by atoms with Crippen LogP contribution in [0.3, 0.4) is 0 Å². The van der Waals surface area contributed by atoms with Gasteiger partial charge in [0.1, 0.15) is 5.75 Å². The molecule has 0 atom stereocenters. The predicted octanol–water partition coefficient (Wildman–Crippen LogP) is 2.83. The molecule has 0 spiro atoms. The highest BCUT2D eigenvalue weighted by Crippen LogP contribution is 2.41. The molecule has 0 amide bonds. The van der Waals surface area contributed by atoms with E-state index < -0.39 is 0 Å². The van der Waals surface area contributed by atoms with E-state index in [1.165, 1.54) is 11.1 Å². The second-order valence-electron chi connectivity index (χ2n) is 5.18. The Balaban J connectivity index is 1.97. The van der Waals surface area contributed by atoms with E-state index in [2.05, 4.69) is 24.2 Å². The largest absolute Gasteiger partial charge is 0.491 e. The Morgan fingerprint density at radius 3 is 3.10 bits per heavy atom. The van der Waals surface area contributed by atoms with E-state index in [0.717, 1.165) is 41.1 Å². The first-order valence-electron chi connectivity index (χ1n) is 6.72. The summed E-state index contributed by atoms with van der Waals surface area (Å²) in [5.41, 5.74) is 12.7. The highest BCUT2D eigenvalue weighted by molar-refractivity contribution is 5.86. The van der Waals surface area contributed by atoms with Crippen molar-refractivity contribution in [1.82, 2.24) is 9.61 Å². The van der Waals surface area contributed by atoms with Crippen molar-refractivity contribution in [2.45, 2.75) is 13.3 Å². The Kier molecular flexibility index (Phi) is 2.27. The van der Waals surface area contributed by atoms with Crippen LogP contribution in [0.1, 0.15) is 11.1 Å². The van der Waals surface area contributed by atoms with Crippen LogP contribution in [0.5, 0.6) is 5.75 Å². The predicted molar refractivity (Wildman–Crippen MR) is 79.0 cm³/mol. The van der Waals surface area contributed by atoms with Crippen LogP contribution >= 0.6 is 0 Å². The zero-order valence-electron chi connectivity index (χ0n) is 11.3. The summed E-state index contributed by atoms with van der Waals surface area (Å²) < 4.78 is 7.52. The first kappa shape index (κ1) is 11.3. The highest BCUT2D eigenvalue weighted by Gasteiger charge is 2.20. The van der Waals surface area contributed by atoms with E-state index in [1.54, 1.807) is 6.20 Å². The molecule has 0 unspecified atom stereocenters. The van der Waals surface area contributed by atoms with Gasteiger partial charge in [0.25, 0.3) is 0 Å². The molecule has 100 valence electrons. The Labute approximate surface area is 116 Å². The fourth-order valence-corrected chi connectivity index (χ4v) is 2.98. The van der Waals surface area contributed by atoms with Gasteiger partial charge in [0, 0.05) is 24.4 Å². The highest BCUT2D eigenvalue weighted by atomic mass is 16.5. The molecule has 2 aromatic heterocycles. The van der Waals surface area contributed by atoms with Crippen LogP contribution in [-0.4, -0.2) is 16.2 Å². The van der Waals surface area contributed by atoms with E-state index in [0.29, 0.717) is 0 Å². The molecule has 3 aromatic rings. The van der Waals surface area contributed by atoms with Crippen molar-refractivity contribution < 1.29 is 4.74 Å². The number of hydrogen-bond donors (Lipinski definition) is 1. The van der Waals surface area contributed by atoms with Gasteiger partial charge in [0.05, 0.1) is 17.8 Å². The molecule has 0 aliphatic carbocycles. The number of benzene rings is 1. The SMILES string of the molecule is Cc1cc2c(c(N)c1-c1ccn3nccc3c1)OCC2. The molecule has 4 nitrogen and oxygen atoms in total. The number of fused-ring (bicyclic) bond motifs is 2. The summed E-state index contributed by atoms with van der Waals surface area (Å²) in [7, 11) is 0. The number of rotatable bonds is 1.